The fourth-order valence-electron chi connectivity index (χ4n) is 8.17. The van der Waals surface area contributed by atoms with Crippen LogP contribution in [0.1, 0.15) is 17.5 Å². The van der Waals surface area contributed by atoms with Gasteiger partial charge in [-0.2, -0.15) is 0 Å². The molecule has 52 heavy (non-hydrogen) atoms. The molecule has 0 amide bonds. The number of allylic oxidation sites excluding steroid dienone is 3. The molecule has 1 aliphatic carbocycles. The van der Waals surface area contributed by atoms with Gasteiger partial charge in [-0.3, -0.25) is 0 Å². The largest absolute Gasteiger partial charge is 0.456 e. The first kappa shape index (κ1) is 29.1. The van der Waals surface area contributed by atoms with E-state index in [1.807, 2.05) is 24.3 Å². The normalized spacial score (nSPS) is 17.4. The number of amidine groups is 2. The lowest BCUT2D eigenvalue weighted by molar-refractivity contribution is 0.476. The van der Waals surface area contributed by atoms with E-state index in [4.69, 9.17) is 18.8 Å². The number of nitrogens with one attached hydrogen (secondary N) is 1. The summed E-state index contributed by atoms with van der Waals surface area (Å²) in [6.07, 6.45) is 9.34. The molecule has 0 saturated heterocycles. The lowest BCUT2D eigenvalue weighted by atomic mass is 9.91. The van der Waals surface area contributed by atoms with Gasteiger partial charge < -0.3 is 14.2 Å². The number of hydrogen-bond donors (Lipinski definition) is 1. The molecule has 11 rings (SSSR count). The van der Waals surface area contributed by atoms with Gasteiger partial charge in [0.25, 0.3) is 0 Å². The maximum Gasteiger partial charge on any atom is 0.159 e. The summed E-state index contributed by atoms with van der Waals surface area (Å²) < 4.78 is 13.1. The number of para-hydroxylation sites is 3. The standard InChI is InChI=1S/C47H31N3O2/c1-2-12-29(13-3-1)45-48-46(31-23-24-33-30(27-31)22-21-28-11-4-5-14-32(28)33)50-47(49-45)43-35(25-26-41-42(43)38-16-7-9-20-40(38)51-41)37-18-10-17-36-34-15-6-8-19-39(34)52-44(36)37/h1-12,14-27,29,45H,13H2,(H,48,49,50). The molecule has 246 valence electrons. The van der Waals surface area contributed by atoms with Gasteiger partial charge >= 0.3 is 0 Å². The van der Waals surface area contributed by atoms with Crippen LogP contribution in [0, 0.1) is 5.92 Å². The SMILES string of the molecule is C1=CCC(C2N=C(c3ccc4c(ccc5ccccc54)c3)N=C(c3c(-c4cccc5c4oc4ccccc45)ccc4oc5ccccc5c34)N2)C=C1. The second-order valence-corrected chi connectivity index (χ2v) is 13.7. The zero-order valence-electron chi connectivity index (χ0n) is 28.1. The van der Waals surface area contributed by atoms with Gasteiger partial charge in [0.1, 0.15) is 34.3 Å². The highest BCUT2D eigenvalue weighted by Crippen LogP contribution is 2.42. The Balaban J connectivity index is 1.17. The molecule has 2 aliphatic rings. The molecule has 0 bridgehead atoms. The summed E-state index contributed by atoms with van der Waals surface area (Å²) in [6, 6.07) is 46.6. The zero-order valence-corrected chi connectivity index (χ0v) is 28.1. The third kappa shape index (κ3) is 4.49. The van der Waals surface area contributed by atoms with Gasteiger partial charge in [-0.05, 0) is 63.9 Å². The van der Waals surface area contributed by atoms with E-state index in [2.05, 4.69) is 139 Å². The summed E-state index contributed by atoms with van der Waals surface area (Å²) >= 11 is 0. The summed E-state index contributed by atoms with van der Waals surface area (Å²) in [7, 11) is 0. The van der Waals surface area contributed by atoms with Gasteiger partial charge in [-0.1, -0.05) is 127 Å². The molecule has 0 saturated carbocycles. The average Bonchev–Trinajstić information content (AvgIpc) is 3.79. The van der Waals surface area contributed by atoms with E-state index in [1.165, 1.54) is 16.2 Å². The monoisotopic (exact) mass is 669 g/mol. The first-order valence-electron chi connectivity index (χ1n) is 17.8. The van der Waals surface area contributed by atoms with Crippen molar-refractivity contribution in [3.8, 4) is 11.1 Å². The fourth-order valence-corrected chi connectivity index (χ4v) is 8.17. The van der Waals surface area contributed by atoms with Crippen LogP contribution in [0.5, 0.6) is 0 Å². The van der Waals surface area contributed by atoms with E-state index in [-0.39, 0.29) is 12.1 Å². The molecule has 9 aromatic rings. The first-order valence-corrected chi connectivity index (χ1v) is 17.8. The van der Waals surface area contributed by atoms with Gasteiger partial charge in [0.2, 0.25) is 0 Å². The topological polar surface area (TPSA) is 63.0 Å². The van der Waals surface area contributed by atoms with Crippen molar-refractivity contribution in [1.29, 1.82) is 0 Å². The number of nitrogens with zero attached hydrogens (tertiary/aromatic N) is 2. The summed E-state index contributed by atoms with van der Waals surface area (Å²) in [5.74, 6) is 1.61. The average molecular weight is 670 g/mol. The Hall–Kier alpha value is -6.72. The van der Waals surface area contributed by atoms with Gasteiger partial charge in [0.05, 0.1) is 0 Å². The molecule has 0 radical (unpaired) electrons. The molecular formula is C47H31N3O2. The highest BCUT2D eigenvalue weighted by atomic mass is 16.3. The van der Waals surface area contributed by atoms with Crippen LogP contribution in [-0.2, 0) is 0 Å². The van der Waals surface area contributed by atoms with E-state index in [0.717, 1.165) is 83.8 Å². The number of fused-ring (bicyclic) bond motifs is 9. The molecule has 0 spiro atoms. The second-order valence-electron chi connectivity index (χ2n) is 13.7. The lowest BCUT2D eigenvalue weighted by Crippen LogP contribution is -2.43. The Bertz CT molecular complexity index is 3050. The van der Waals surface area contributed by atoms with Crippen LogP contribution >= 0.6 is 0 Å². The van der Waals surface area contributed by atoms with Crippen LogP contribution in [0.4, 0.5) is 0 Å². The van der Waals surface area contributed by atoms with Crippen LogP contribution < -0.4 is 5.32 Å². The molecule has 2 unspecified atom stereocenters. The van der Waals surface area contributed by atoms with Crippen LogP contribution in [0.25, 0.3) is 76.5 Å². The van der Waals surface area contributed by atoms with E-state index in [9.17, 15) is 0 Å². The smallest absolute Gasteiger partial charge is 0.159 e. The van der Waals surface area contributed by atoms with Gasteiger partial charge in [-0.15, -0.1) is 0 Å². The number of aliphatic imine (C=N–C) groups is 2. The summed E-state index contributed by atoms with van der Waals surface area (Å²) in [5, 5.41) is 12.9. The van der Waals surface area contributed by atoms with Crippen LogP contribution in [0.3, 0.4) is 0 Å². The van der Waals surface area contributed by atoms with E-state index >= 15 is 0 Å². The zero-order chi connectivity index (χ0) is 34.2. The molecule has 5 heteroatoms. The van der Waals surface area contributed by atoms with E-state index in [0.29, 0.717) is 5.84 Å². The third-order valence-electron chi connectivity index (χ3n) is 10.7. The van der Waals surface area contributed by atoms with Gasteiger partial charge in [0.15, 0.2) is 5.84 Å². The van der Waals surface area contributed by atoms with Crippen molar-refractivity contribution in [2.75, 3.05) is 0 Å². The number of furan rings is 2. The van der Waals surface area contributed by atoms with E-state index in [1.54, 1.807) is 0 Å². The maximum absolute atomic E-state index is 6.62. The Morgan fingerprint density at radius 3 is 2.23 bits per heavy atom. The summed E-state index contributed by atoms with van der Waals surface area (Å²) in [6.45, 7) is 0. The lowest BCUT2D eigenvalue weighted by Gasteiger charge is -2.29. The maximum atomic E-state index is 6.62. The number of rotatable bonds is 4. The van der Waals surface area contributed by atoms with Crippen LogP contribution in [0.2, 0.25) is 0 Å². The first-order chi connectivity index (χ1) is 25.8. The number of hydrogen-bond acceptors (Lipinski definition) is 5. The van der Waals surface area contributed by atoms with Crippen molar-refractivity contribution in [1.82, 2.24) is 5.32 Å². The molecule has 2 atom stereocenters. The molecule has 2 aromatic heterocycles. The Labute approximate surface area is 298 Å². The Kier molecular flexibility index (Phi) is 6.37. The molecule has 1 aliphatic heterocycles. The molecule has 5 nitrogen and oxygen atoms in total. The van der Waals surface area contributed by atoms with Crippen LogP contribution in [-0.4, -0.2) is 17.8 Å². The second kappa shape index (κ2) is 11.4. The quantitative estimate of drug-likeness (QED) is 0.190. The summed E-state index contributed by atoms with van der Waals surface area (Å²) in [5.41, 5.74) is 7.31. The van der Waals surface area contributed by atoms with Gasteiger partial charge in [-0.25, -0.2) is 9.98 Å². The minimum Gasteiger partial charge on any atom is -0.456 e. The molecule has 0 fully saturated rings. The van der Waals surface area contributed by atoms with Crippen molar-refractivity contribution in [2.24, 2.45) is 15.9 Å². The van der Waals surface area contributed by atoms with Crippen molar-refractivity contribution in [3.63, 3.8) is 0 Å². The minimum absolute atomic E-state index is 0.150. The minimum atomic E-state index is -0.237. The summed E-state index contributed by atoms with van der Waals surface area (Å²) in [4.78, 5) is 10.7. The predicted molar refractivity (Wildman–Crippen MR) is 214 cm³/mol. The molecule has 3 heterocycles. The van der Waals surface area contributed by atoms with Crippen molar-refractivity contribution < 1.29 is 8.83 Å². The van der Waals surface area contributed by atoms with E-state index < -0.39 is 0 Å². The highest BCUT2D eigenvalue weighted by Gasteiger charge is 2.30. The molecule has 1 N–H and O–H groups in total. The third-order valence-corrected chi connectivity index (χ3v) is 10.7. The highest BCUT2D eigenvalue weighted by molar-refractivity contribution is 6.26. The Morgan fingerprint density at radius 2 is 1.35 bits per heavy atom. The fraction of sp³-hybridized carbons (Fsp3) is 0.0638. The number of benzene rings is 7. The van der Waals surface area contributed by atoms with Crippen molar-refractivity contribution in [3.05, 3.63) is 169 Å². The van der Waals surface area contributed by atoms with Gasteiger partial charge in [0, 0.05) is 44.2 Å². The molecular weight excluding hydrogens is 639 g/mol. The predicted octanol–water partition coefficient (Wildman–Crippen LogP) is 11.7. The van der Waals surface area contributed by atoms with Crippen LogP contribution in [0.15, 0.2) is 177 Å². The Morgan fingerprint density at radius 1 is 0.577 bits per heavy atom. The van der Waals surface area contributed by atoms with Crippen molar-refractivity contribution >= 4 is 77.1 Å². The van der Waals surface area contributed by atoms with Crippen molar-refractivity contribution in [2.45, 2.75) is 12.6 Å². The molecule has 7 aromatic carbocycles.